The van der Waals surface area contributed by atoms with Crippen LogP contribution in [0.25, 0.3) is 0 Å². The lowest BCUT2D eigenvalue weighted by Crippen LogP contribution is -2.25. The van der Waals surface area contributed by atoms with Crippen molar-refractivity contribution in [1.29, 1.82) is 0 Å². The van der Waals surface area contributed by atoms with Crippen molar-refractivity contribution in [2.24, 2.45) is 5.73 Å². The Hall–Kier alpha value is -2.40. The van der Waals surface area contributed by atoms with E-state index in [1.54, 1.807) is 12.1 Å². The van der Waals surface area contributed by atoms with Crippen LogP contribution in [0.2, 0.25) is 0 Å². The number of carbonyl (C=O) groups excluding carboxylic acids is 1. The first-order chi connectivity index (χ1) is 10.0. The molecule has 3 N–H and O–H groups in total. The lowest BCUT2D eigenvalue weighted by atomic mass is 9.97. The molecular weight excluding hydrogens is 271 g/mol. The summed E-state index contributed by atoms with van der Waals surface area (Å²) in [4.78, 5) is 11.3. The van der Waals surface area contributed by atoms with Crippen molar-refractivity contribution in [3.63, 3.8) is 0 Å². The van der Waals surface area contributed by atoms with Crippen molar-refractivity contribution in [2.45, 2.75) is 13.0 Å². The molecule has 4 nitrogen and oxygen atoms in total. The van der Waals surface area contributed by atoms with Gasteiger partial charge in [0.1, 0.15) is 11.6 Å². The third-order valence-electron chi connectivity index (χ3n) is 3.42. The summed E-state index contributed by atoms with van der Waals surface area (Å²) in [5.41, 5.74) is 9.08. The minimum atomic E-state index is -0.469. The Morgan fingerprint density at radius 1 is 1.24 bits per heavy atom. The molecule has 0 radical (unpaired) electrons. The number of hydrogen-bond donors (Lipinski definition) is 2. The van der Waals surface area contributed by atoms with Crippen LogP contribution in [0, 0.1) is 12.7 Å². The number of aryl methyl sites for hydroxylation is 1. The third-order valence-corrected chi connectivity index (χ3v) is 3.42. The number of anilines is 1. The molecule has 1 amide bonds. The molecule has 1 heterocycles. The molecule has 2 aromatic rings. The fourth-order valence-corrected chi connectivity index (χ4v) is 2.43. The molecular formula is C16H15FN2O2. The molecule has 3 rings (SSSR count). The highest BCUT2D eigenvalue weighted by Crippen LogP contribution is 2.32. The minimum absolute atomic E-state index is 0.0154. The molecule has 1 aliphatic heterocycles. The molecule has 1 atom stereocenters. The Morgan fingerprint density at radius 2 is 2.05 bits per heavy atom. The maximum Gasteiger partial charge on any atom is 0.262 e. The number of amides is 1. The van der Waals surface area contributed by atoms with E-state index in [-0.39, 0.29) is 18.3 Å². The molecule has 0 bridgehead atoms. The first-order valence-corrected chi connectivity index (χ1v) is 6.62. The Kier molecular flexibility index (Phi) is 3.35. The zero-order chi connectivity index (χ0) is 15.0. The molecule has 2 aromatic carbocycles. The van der Waals surface area contributed by atoms with E-state index in [2.05, 4.69) is 5.32 Å². The van der Waals surface area contributed by atoms with Crippen LogP contribution in [-0.4, -0.2) is 12.5 Å². The quantitative estimate of drug-likeness (QED) is 0.891. The first kappa shape index (κ1) is 13.6. The van der Waals surface area contributed by atoms with E-state index in [0.29, 0.717) is 17.0 Å². The molecule has 1 unspecified atom stereocenters. The summed E-state index contributed by atoms with van der Waals surface area (Å²) in [6.07, 6.45) is 0. The van der Waals surface area contributed by atoms with Crippen molar-refractivity contribution in [3.8, 4) is 5.75 Å². The topological polar surface area (TPSA) is 64.3 Å². The van der Waals surface area contributed by atoms with Crippen LogP contribution in [-0.2, 0) is 4.79 Å². The molecule has 5 heteroatoms. The van der Waals surface area contributed by atoms with E-state index in [1.165, 1.54) is 12.1 Å². The summed E-state index contributed by atoms with van der Waals surface area (Å²) in [5, 5.41) is 2.74. The van der Waals surface area contributed by atoms with Gasteiger partial charge in [-0.3, -0.25) is 4.79 Å². The van der Waals surface area contributed by atoms with Crippen LogP contribution in [0.1, 0.15) is 22.7 Å². The number of nitrogens with two attached hydrogens (primary N) is 1. The molecule has 0 aliphatic carbocycles. The van der Waals surface area contributed by atoms with Crippen LogP contribution in [0.5, 0.6) is 5.75 Å². The summed E-state index contributed by atoms with van der Waals surface area (Å²) in [5.74, 6) is 0.103. The van der Waals surface area contributed by atoms with E-state index in [0.717, 1.165) is 11.1 Å². The van der Waals surface area contributed by atoms with Gasteiger partial charge in [0.25, 0.3) is 5.91 Å². The van der Waals surface area contributed by atoms with Crippen LogP contribution in [0.4, 0.5) is 10.1 Å². The fraction of sp³-hybridized carbons (Fsp3) is 0.188. The predicted molar refractivity (Wildman–Crippen MR) is 77.7 cm³/mol. The van der Waals surface area contributed by atoms with E-state index in [9.17, 15) is 9.18 Å². The maximum absolute atomic E-state index is 13.5. The van der Waals surface area contributed by atoms with Crippen molar-refractivity contribution in [2.75, 3.05) is 11.9 Å². The second kappa shape index (κ2) is 5.18. The number of hydrogen-bond acceptors (Lipinski definition) is 3. The van der Waals surface area contributed by atoms with Gasteiger partial charge >= 0.3 is 0 Å². The largest absolute Gasteiger partial charge is 0.482 e. The normalized spacial score (nSPS) is 14.9. The van der Waals surface area contributed by atoms with Gasteiger partial charge in [-0.2, -0.15) is 0 Å². The number of halogens is 1. The van der Waals surface area contributed by atoms with Gasteiger partial charge in [-0.05, 0) is 47.9 Å². The number of benzene rings is 2. The van der Waals surface area contributed by atoms with Gasteiger partial charge in [-0.25, -0.2) is 4.39 Å². The van der Waals surface area contributed by atoms with Crippen LogP contribution in [0.3, 0.4) is 0 Å². The molecule has 108 valence electrons. The molecule has 0 spiro atoms. The zero-order valence-electron chi connectivity index (χ0n) is 11.5. The number of fused-ring (bicyclic) bond motifs is 1. The summed E-state index contributed by atoms with van der Waals surface area (Å²) >= 11 is 0. The van der Waals surface area contributed by atoms with Gasteiger partial charge in [0.15, 0.2) is 6.61 Å². The summed E-state index contributed by atoms with van der Waals surface area (Å²) in [6, 6.07) is 9.60. The van der Waals surface area contributed by atoms with Crippen molar-refractivity contribution in [3.05, 3.63) is 58.9 Å². The lowest BCUT2D eigenvalue weighted by Gasteiger charge is -2.20. The number of rotatable bonds is 2. The van der Waals surface area contributed by atoms with Gasteiger partial charge in [0.2, 0.25) is 0 Å². The number of carbonyl (C=O) groups is 1. The highest BCUT2D eigenvalue weighted by molar-refractivity contribution is 5.95. The average molecular weight is 286 g/mol. The van der Waals surface area contributed by atoms with Crippen LogP contribution >= 0.6 is 0 Å². The zero-order valence-corrected chi connectivity index (χ0v) is 11.5. The molecule has 21 heavy (non-hydrogen) atoms. The summed E-state index contributed by atoms with van der Waals surface area (Å²) in [6.45, 7) is 1.84. The van der Waals surface area contributed by atoms with E-state index < -0.39 is 6.04 Å². The van der Waals surface area contributed by atoms with Gasteiger partial charge in [0, 0.05) is 0 Å². The second-order valence-corrected chi connectivity index (χ2v) is 5.13. The molecule has 0 saturated heterocycles. The molecule has 0 fully saturated rings. The van der Waals surface area contributed by atoms with Gasteiger partial charge in [0.05, 0.1) is 11.7 Å². The first-order valence-electron chi connectivity index (χ1n) is 6.62. The SMILES string of the molecule is Cc1cc(F)cc(C(N)c2ccc3c(c2)NC(=O)CO3)c1. The minimum Gasteiger partial charge on any atom is -0.482 e. The second-order valence-electron chi connectivity index (χ2n) is 5.13. The summed E-state index contributed by atoms with van der Waals surface area (Å²) in [7, 11) is 0. The van der Waals surface area contributed by atoms with Crippen LogP contribution < -0.4 is 15.8 Å². The van der Waals surface area contributed by atoms with E-state index >= 15 is 0 Å². The van der Waals surface area contributed by atoms with E-state index in [1.807, 2.05) is 19.1 Å². The number of ether oxygens (including phenoxy) is 1. The highest BCUT2D eigenvalue weighted by Gasteiger charge is 2.18. The standard InChI is InChI=1S/C16H15FN2O2/c1-9-4-11(6-12(17)5-9)16(18)10-2-3-14-13(7-10)19-15(20)8-21-14/h2-7,16H,8,18H2,1H3,(H,19,20). The van der Waals surface area contributed by atoms with E-state index in [4.69, 9.17) is 10.5 Å². The van der Waals surface area contributed by atoms with Gasteiger partial charge < -0.3 is 15.8 Å². The maximum atomic E-state index is 13.5. The van der Waals surface area contributed by atoms with Crippen molar-refractivity contribution < 1.29 is 13.9 Å². The Balaban J connectivity index is 1.96. The number of nitrogens with one attached hydrogen (secondary N) is 1. The van der Waals surface area contributed by atoms with Gasteiger partial charge in [-0.1, -0.05) is 12.1 Å². The smallest absolute Gasteiger partial charge is 0.262 e. The fourth-order valence-electron chi connectivity index (χ4n) is 2.43. The average Bonchev–Trinajstić information content (AvgIpc) is 2.44. The molecule has 1 aliphatic rings. The monoisotopic (exact) mass is 286 g/mol. The predicted octanol–water partition coefficient (Wildman–Crippen LogP) is 2.51. The van der Waals surface area contributed by atoms with Crippen LogP contribution in [0.15, 0.2) is 36.4 Å². The molecule has 0 aromatic heterocycles. The van der Waals surface area contributed by atoms with Crippen molar-refractivity contribution >= 4 is 11.6 Å². The Morgan fingerprint density at radius 3 is 2.81 bits per heavy atom. The highest BCUT2D eigenvalue weighted by atomic mass is 19.1. The summed E-state index contributed by atoms with van der Waals surface area (Å²) < 4.78 is 18.8. The molecule has 0 saturated carbocycles. The Labute approximate surface area is 121 Å². The third kappa shape index (κ3) is 2.73. The Bertz CT molecular complexity index is 695. The van der Waals surface area contributed by atoms with Gasteiger partial charge in [-0.15, -0.1) is 0 Å². The van der Waals surface area contributed by atoms with Crippen molar-refractivity contribution in [1.82, 2.24) is 0 Å². The lowest BCUT2D eigenvalue weighted by molar-refractivity contribution is -0.118.